The van der Waals surface area contributed by atoms with Crippen LogP contribution in [0, 0.1) is 18.8 Å². The minimum absolute atomic E-state index is 0.810. The molecule has 0 heteroatoms. The van der Waals surface area contributed by atoms with Crippen LogP contribution in [0.2, 0.25) is 0 Å². The molecule has 0 aromatic heterocycles. The second-order valence-electron chi connectivity index (χ2n) is 7.31. The van der Waals surface area contributed by atoms with E-state index in [0.29, 0.717) is 0 Å². The fourth-order valence-corrected chi connectivity index (χ4v) is 4.12. The van der Waals surface area contributed by atoms with Gasteiger partial charge in [-0.1, -0.05) is 61.2 Å². The molecule has 0 radical (unpaired) electrons. The van der Waals surface area contributed by atoms with Crippen LogP contribution >= 0.6 is 0 Å². The van der Waals surface area contributed by atoms with Gasteiger partial charge in [0.25, 0.3) is 0 Å². The van der Waals surface area contributed by atoms with Crippen LogP contribution in [0.15, 0.2) is 36.4 Å². The lowest BCUT2D eigenvalue weighted by atomic mass is 9.78. The Bertz CT molecular complexity index is 439. The molecule has 1 aromatic rings. The standard InChI is InChI=1S/C21H30/c1-17-7-13-20(14-8-17)21-15-11-19(12-16-21)10-9-18-5-3-2-4-6-18/h7-10,13-14,18-19,21H,2-6,11-12,15-16H2,1H3. The predicted octanol–water partition coefficient (Wildman–Crippen LogP) is 6.41. The van der Waals surface area contributed by atoms with Gasteiger partial charge in [-0.15, -0.1) is 0 Å². The van der Waals surface area contributed by atoms with Gasteiger partial charge in [0.15, 0.2) is 0 Å². The van der Waals surface area contributed by atoms with Crippen LogP contribution in [0.4, 0.5) is 0 Å². The summed E-state index contributed by atoms with van der Waals surface area (Å²) < 4.78 is 0. The fourth-order valence-electron chi connectivity index (χ4n) is 4.12. The highest BCUT2D eigenvalue weighted by Crippen LogP contribution is 2.37. The van der Waals surface area contributed by atoms with E-state index in [1.807, 2.05) is 0 Å². The van der Waals surface area contributed by atoms with Gasteiger partial charge in [-0.3, -0.25) is 0 Å². The van der Waals surface area contributed by atoms with E-state index >= 15 is 0 Å². The summed E-state index contributed by atoms with van der Waals surface area (Å²) in [5.74, 6) is 2.56. The molecule has 2 fully saturated rings. The molecule has 1 aromatic carbocycles. The third-order valence-corrected chi connectivity index (χ3v) is 5.63. The van der Waals surface area contributed by atoms with Crippen molar-refractivity contribution in [3.63, 3.8) is 0 Å². The first-order valence-electron chi connectivity index (χ1n) is 9.06. The molecule has 3 rings (SSSR count). The summed E-state index contributed by atoms with van der Waals surface area (Å²) in [5.41, 5.74) is 2.94. The van der Waals surface area contributed by atoms with E-state index in [1.54, 1.807) is 5.56 Å². The molecule has 2 aliphatic carbocycles. The number of hydrogen-bond acceptors (Lipinski definition) is 0. The zero-order valence-corrected chi connectivity index (χ0v) is 13.6. The highest BCUT2D eigenvalue weighted by molar-refractivity contribution is 5.25. The van der Waals surface area contributed by atoms with Crippen LogP contribution in [0.25, 0.3) is 0 Å². The summed E-state index contributed by atoms with van der Waals surface area (Å²) in [4.78, 5) is 0. The lowest BCUT2D eigenvalue weighted by molar-refractivity contribution is 0.370. The van der Waals surface area contributed by atoms with Gasteiger partial charge in [0.1, 0.15) is 0 Å². The van der Waals surface area contributed by atoms with Crippen molar-refractivity contribution in [1.82, 2.24) is 0 Å². The zero-order chi connectivity index (χ0) is 14.5. The number of allylic oxidation sites excluding steroid dienone is 2. The van der Waals surface area contributed by atoms with Gasteiger partial charge in [-0.05, 0) is 68.8 Å². The van der Waals surface area contributed by atoms with Crippen LogP contribution in [0.1, 0.15) is 74.8 Å². The Labute approximate surface area is 130 Å². The SMILES string of the molecule is Cc1ccc(C2CCC(C=CC3CCCCC3)CC2)cc1. The van der Waals surface area contributed by atoms with Gasteiger partial charge in [0.05, 0.1) is 0 Å². The van der Waals surface area contributed by atoms with Crippen molar-refractivity contribution in [3.05, 3.63) is 47.5 Å². The molecule has 0 amide bonds. The lowest BCUT2D eigenvalue weighted by Crippen LogP contribution is -2.12. The molecule has 0 heterocycles. The van der Waals surface area contributed by atoms with E-state index in [0.717, 1.165) is 17.8 Å². The van der Waals surface area contributed by atoms with Crippen LogP contribution in [0.5, 0.6) is 0 Å². The average molecular weight is 282 g/mol. The van der Waals surface area contributed by atoms with Gasteiger partial charge in [0, 0.05) is 0 Å². The number of benzene rings is 1. The molecule has 21 heavy (non-hydrogen) atoms. The van der Waals surface area contributed by atoms with Gasteiger partial charge < -0.3 is 0 Å². The summed E-state index contributed by atoms with van der Waals surface area (Å²) in [6.45, 7) is 2.18. The maximum atomic E-state index is 2.57. The fraction of sp³-hybridized carbons (Fsp3) is 0.619. The number of aryl methyl sites for hydroxylation is 1. The predicted molar refractivity (Wildman–Crippen MR) is 91.6 cm³/mol. The number of rotatable bonds is 3. The minimum atomic E-state index is 0.810. The molecule has 2 aliphatic rings. The van der Waals surface area contributed by atoms with Gasteiger partial charge in [0.2, 0.25) is 0 Å². The van der Waals surface area contributed by atoms with E-state index in [1.165, 1.54) is 63.4 Å². The van der Waals surface area contributed by atoms with Crippen LogP contribution in [0.3, 0.4) is 0 Å². The first kappa shape index (κ1) is 14.9. The van der Waals surface area contributed by atoms with Gasteiger partial charge in [-0.25, -0.2) is 0 Å². The third-order valence-electron chi connectivity index (χ3n) is 5.63. The molecule has 2 saturated carbocycles. The van der Waals surface area contributed by atoms with Crippen molar-refractivity contribution >= 4 is 0 Å². The third kappa shape index (κ3) is 4.22. The average Bonchev–Trinajstić information content (AvgIpc) is 2.55. The van der Waals surface area contributed by atoms with Crippen molar-refractivity contribution in [2.24, 2.45) is 11.8 Å². The summed E-state index contributed by atoms with van der Waals surface area (Å²) in [6, 6.07) is 9.23. The molecule has 114 valence electrons. The van der Waals surface area contributed by atoms with Crippen molar-refractivity contribution in [2.75, 3.05) is 0 Å². The Morgan fingerprint density at radius 1 is 0.714 bits per heavy atom. The molecular weight excluding hydrogens is 252 g/mol. The first-order chi connectivity index (χ1) is 10.3. The largest absolute Gasteiger partial charge is 0.0851 e. The quantitative estimate of drug-likeness (QED) is 0.562. The Kier molecular flexibility index (Phi) is 5.17. The first-order valence-corrected chi connectivity index (χ1v) is 9.06. The van der Waals surface area contributed by atoms with Gasteiger partial charge in [-0.2, -0.15) is 0 Å². The summed E-state index contributed by atoms with van der Waals surface area (Å²) >= 11 is 0. The Morgan fingerprint density at radius 2 is 1.29 bits per heavy atom. The Hall–Kier alpha value is -1.04. The van der Waals surface area contributed by atoms with Crippen LogP contribution < -0.4 is 0 Å². The Morgan fingerprint density at radius 3 is 1.90 bits per heavy atom. The molecule has 0 nitrogen and oxygen atoms in total. The van der Waals surface area contributed by atoms with E-state index in [-0.39, 0.29) is 0 Å². The normalized spacial score (nSPS) is 28.0. The smallest absolute Gasteiger partial charge is 0.0162 e. The summed E-state index contributed by atoms with van der Waals surface area (Å²) in [7, 11) is 0. The van der Waals surface area contributed by atoms with Crippen LogP contribution in [-0.4, -0.2) is 0 Å². The maximum Gasteiger partial charge on any atom is -0.0162 e. The van der Waals surface area contributed by atoms with Crippen molar-refractivity contribution in [3.8, 4) is 0 Å². The zero-order valence-electron chi connectivity index (χ0n) is 13.6. The topological polar surface area (TPSA) is 0 Å². The second kappa shape index (κ2) is 7.29. The maximum absolute atomic E-state index is 2.57. The van der Waals surface area contributed by atoms with Crippen molar-refractivity contribution in [1.29, 1.82) is 0 Å². The molecule has 0 aliphatic heterocycles. The molecule has 0 bridgehead atoms. The second-order valence-corrected chi connectivity index (χ2v) is 7.31. The Balaban J connectivity index is 1.48. The van der Waals surface area contributed by atoms with Crippen molar-refractivity contribution in [2.45, 2.75) is 70.6 Å². The molecule has 0 unspecified atom stereocenters. The highest BCUT2D eigenvalue weighted by atomic mass is 14.3. The van der Waals surface area contributed by atoms with E-state index < -0.39 is 0 Å². The molecular formula is C21H30. The molecule has 0 N–H and O–H groups in total. The summed E-state index contributed by atoms with van der Waals surface area (Å²) in [6.07, 6.45) is 17.9. The highest BCUT2D eigenvalue weighted by Gasteiger charge is 2.21. The van der Waals surface area contributed by atoms with E-state index in [2.05, 4.69) is 43.3 Å². The molecule has 0 atom stereocenters. The minimum Gasteiger partial charge on any atom is -0.0851 e. The van der Waals surface area contributed by atoms with Gasteiger partial charge >= 0.3 is 0 Å². The van der Waals surface area contributed by atoms with E-state index in [9.17, 15) is 0 Å². The number of hydrogen-bond donors (Lipinski definition) is 0. The summed E-state index contributed by atoms with van der Waals surface area (Å²) in [5, 5.41) is 0. The van der Waals surface area contributed by atoms with E-state index in [4.69, 9.17) is 0 Å². The van der Waals surface area contributed by atoms with Crippen LogP contribution in [-0.2, 0) is 0 Å². The lowest BCUT2D eigenvalue weighted by Gasteiger charge is -2.27. The monoisotopic (exact) mass is 282 g/mol. The van der Waals surface area contributed by atoms with Crippen molar-refractivity contribution < 1.29 is 0 Å². The molecule has 0 saturated heterocycles. The molecule has 0 spiro atoms.